The zero-order chi connectivity index (χ0) is 23.0. The van der Waals surface area contributed by atoms with Crippen LogP contribution in [0, 0.1) is 24.2 Å². The molecular weight excluding hydrogens is 420 g/mol. The molecule has 0 bridgehead atoms. The molecule has 5 nitrogen and oxygen atoms in total. The summed E-state index contributed by atoms with van der Waals surface area (Å²) in [5.74, 6) is -3.56. The first-order valence-electron chi connectivity index (χ1n) is 11.0. The first kappa shape index (κ1) is 21.2. The number of halogens is 2. The van der Waals surface area contributed by atoms with Crippen LogP contribution in [-0.4, -0.2) is 33.8 Å². The second-order valence-corrected chi connectivity index (χ2v) is 8.58. The first-order chi connectivity index (χ1) is 15.9. The fraction of sp³-hybridized carbons (Fsp3) is 0.269. The van der Waals surface area contributed by atoms with Crippen LogP contribution in [0.15, 0.2) is 60.8 Å². The topological polar surface area (TPSA) is 66.5 Å². The molecule has 1 aliphatic rings. The van der Waals surface area contributed by atoms with Gasteiger partial charge in [0.15, 0.2) is 0 Å². The van der Waals surface area contributed by atoms with Crippen molar-refractivity contribution in [3.8, 4) is 28.5 Å². The molecule has 1 aliphatic heterocycles. The quantitative estimate of drug-likeness (QED) is 0.471. The van der Waals surface area contributed by atoms with Crippen LogP contribution in [0.5, 0.6) is 0 Å². The largest absolute Gasteiger partial charge is 0.316 e. The van der Waals surface area contributed by atoms with Crippen LogP contribution in [0.3, 0.4) is 0 Å². The molecule has 7 heteroatoms. The standard InChI is InChI=1S/C26H23F2N5/c1-17-2-6-20(7-3-17)25-22(19-8-4-18(13-29)5-9-19)12-24-23(32-25)15-31-33(24)16-21-14-30-11-10-26(21,27)28/h2-9,12,15,21,30H,10-11,14,16H2,1H3/t21-/m0/s1. The molecule has 1 N–H and O–H groups in total. The average Bonchev–Trinajstić information content (AvgIpc) is 3.22. The lowest BCUT2D eigenvalue weighted by Crippen LogP contribution is -2.46. The number of nitrogens with zero attached hydrogens (tertiary/aromatic N) is 4. The van der Waals surface area contributed by atoms with Crippen molar-refractivity contribution in [2.75, 3.05) is 13.1 Å². The lowest BCUT2D eigenvalue weighted by atomic mass is 9.94. The van der Waals surface area contributed by atoms with Crippen LogP contribution in [-0.2, 0) is 6.54 Å². The minimum Gasteiger partial charge on any atom is -0.316 e. The zero-order valence-electron chi connectivity index (χ0n) is 18.2. The Morgan fingerprint density at radius 2 is 1.85 bits per heavy atom. The lowest BCUT2D eigenvalue weighted by molar-refractivity contribution is -0.0840. The third-order valence-corrected chi connectivity index (χ3v) is 6.29. The van der Waals surface area contributed by atoms with E-state index in [1.165, 1.54) is 0 Å². The maximum absolute atomic E-state index is 14.5. The Balaban J connectivity index is 1.63. The van der Waals surface area contributed by atoms with Crippen molar-refractivity contribution in [2.24, 2.45) is 5.92 Å². The molecule has 1 saturated heterocycles. The number of aryl methyl sites for hydroxylation is 1. The third kappa shape index (κ3) is 4.10. The van der Waals surface area contributed by atoms with E-state index in [1.54, 1.807) is 23.0 Å². The smallest absolute Gasteiger partial charge is 0.255 e. The summed E-state index contributed by atoms with van der Waals surface area (Å²) < 4.78 is 30.6. The number of benzene rings is 2. The second kappa shape index (κ2) is 8.38. The van der Waals surface area contributed by atoms with E-state index in [0.29, 0.717) is 23.1 Å². The van der Waals surface area contributed by atoms with Gasteiger partial charge in [-0.2, -0.15) is 10.4 Å². The van der Waals surface area contributed by atoms with E-state index in [-0.39, 0.29) is 19.5 Å². The predicted octanol–water partition coefficient (Wildman–Crippen LogP) is 5.19. The highest BCUT2D eigenvalue weighted by atomic mass is 19.3. The third-order valence-electron chi connectivity index (χ3n) is 6.29. The summed E-state index contributed by atoms with van der Waals surface area (Å²) >= 11 is 0. The van der Waals surface area contributed by atoms with Gasteiger partial charge in [0, 0.05) is 30.6 Å². The Labute approximate surface area is 190 Å². The van der Waals surface area contributed by atoms with Crippen molar-refractivity contribution < 1.29 is 8.78 Å². The fourth-order valence-corrected chi connectivity index (χ4v) is 4.32. The summed E-state index contributed by atoms with van der Waals surface area (Å²) in [5, 5.41) is 16.7. The van der Waals surface area contributed by atoms with Gasteiger partial charge in [-0.3, -0.25) is 4.68 Å². The Bertz CT molecular complexity index is 1330. The predicted molar refractivity (Wildman–Crippen MR) is 124 cm³/mol. The first-order valence-corrected chi connectivity index (χ1v) is 11.0. The van der Waals surface area contributed by atoms with Crippen molar-refractivity contribution in [2.45, 2.75) is 25.8 Å². The van der Waals surface area contributed by atoms with Gasteiger partial charge < -0.3 is 5.32 Å². The summed E-state index contributed by atoms with van der Waals surface area (Å²) in [6.45, 7) is 2.73. The number of piperidine rings is 1. The summed E-state index contributed by atoms with van der Waals surface area (Å²) in [7, 11) is 0. The van der Waals surface area contributed by atoms with Crippen LogP contribution in [0.4, 0.5) is 8.78 Å². The molecule has 166 valence electrons. The maximum atomic E-state index is 14.5. The molecule has 3 heterocycles. The summed E-state index contributed by atoms with van der Waals surface area (Å²) in [5.41, 5.74) is 6.61. The number of aromatic nitrogens is 3. The highest BCUT2D eigenvalue weighted by molar-refractivity contribution is 5.90. The minimum atomic E-state index is -2.73. The molecule has 0 amide bonds. The summed E-state index contributed by atoms with van der Waals surface area (Å²) in [6, 6.07) is 19.5. The molecule has 4 aromatic rings. The van der Waals surface area contributed by atoms with E-state index in [9.17, 15) is 8.78 Å². The Hall–Kier alpha value is -3.63. The van der Waals surface area contributed by atoms with Gasteiger partial charge in [0.05, 0.1) is 41.5 Å². The van der Waals surface area contributed by atoms with Crippen molar-refractivity contribution in [1.29, 1.82) is 5.26 Å². The summed E-state index contributed by atoms with van der Waals surface area (Å²) in [6.07, 6.45) is 1.48. The molecule has 0 spiro atoms. The van der Waals surface area contributed by atoms with Gasteiger partial charge in [-0.1, -0.05) is 42.0 Å². The molecule has 1 atom stereocenters. The van der Waals surface area contributed by atoms with Crippen molar-refractivity contribution >= 4 is 11.0 Å². The Morgan fingerprint density at radius 3 is 2.55 bits per heavy atom. The minimum absolute atomic E-state index is 0.113. The number of nitriles is 1. The molecule has 2 aromatic carbocycles. The SMILES string of the molecule is Cc1ccc(-c2nc3cnn(C[C@@H]4CNCCC4(F)F)c3cc2-c2ccc(C#N)cc2)cc1. The molecule has 2 aromatic heterocycles. The average molecular weight is 444 g/mol. The van der Waals surface area contributed by atoms with E-state index in [0.717, 1.165) is 27.9 Å². The fourth-order valence-electron chi connectivity index (χ4n) is 4.32. The van der Waals surface area contributed by atoms with E-state index in [2.05, 4.69) is 16.5 Å². The number of rotatable bonds is 4. The molecular formula is C26H23F2N5. The summed E-state index contributed by atoms with van der Waals surface area (Å²) in [4.78, 5) is 4.89. The number of hydrogen-bond acceptors (Lipinski definition) is 4. The highest BCUT2D eigenvalue weighted by Crippen LogP contribution is 2.35. The van der Waals surface area contributed by atoms with Gasteiger partial charge in [-0.25, -0.2) is 13.8 Å². The normalized spacial score (nSPS) is 17.7. The zero-order valence-corrected chi connectivity index (χ0v) is 18.2. The number of hydrogen-bond donors (Lipinski definition) is 1. The molecule has 0 saturated carbocycles. The van der Waals surface area contributed by atoms with Gasteiger partial charge in [0.25, 0.3) is 5.92 Å². The van der Waals surface area contributed by atoms with Crippen molar-refractivity contribution in [3.63, 3.8) is 0 Å². The van der Waals surface area contributed by atoms with Crippen molar-refractivity contribution in [1.82, 2.24) is 20.1 Å². The number of nitrogens with one attached hydrogen (secondary N) is 1. The number of pyridine rings is 1. The van der Waals surface area contributed by atoms with E-state index in [1.807, 2.05) is 49.4 Å². The van der Waals surface area contributed by atoms with Gasteiger partial charge in [0.2, 0.25) is 0 Å². The molecule has 0 unspecified atom stereocenters. The van der Waals surface area contributed by atoms with Crippen LogP contribution >= 0.6 is 0 Å². The highest BCUT2D eigenvalue weighted by Gasteiger charge is 2.41. The monoisotopic (exact) mass is 443 g/mol. The van der Waals surface area contributed by atoms with Crippen LogP contribution < -0.4 is 5.32 Å². The molecule has 0 radical (unpaired) electrons. The van der Waals surface area contributed by atoms with Gasteiger partial charge >= 0.3 is 0 Å². The van der Waals surface area contributed by atoms with E-state index in [4.69, 9.17) is 10.2 Å². The van der Waals surface area contributed by atoms with Gasteiger partial charge in [-0.15, -0.1) is 0 Å². The van der Waals surface area contributed by atoms with Crippen LogP contribution in [0.1, 0.15) is 17.5 Å². The number of fused-ring (bicyclic) bond motifs is 1. The van der Waals surface area contributed by atoms with Crippen LogP contribution in [0.25, 0.3) is 33.4 Å². The molecule has 5 rings (SSSR count). The second-order valence-electron chi connectivity index (χ2n) is 8.58. The Kier molecular flexibility index (Phi) is 5.39. The van der Waals surface area contributed by atoms with Crippen molar-refractivity contribution in [3.05, 3.63) is 71.9 Å². The molecule has 0 aliphatic carbocycles. The number of alkyl halides is 2. The molecule has 1 fully saturated rings. The van der Waals surface area contributed by atoms with Crippen LogP contribution in [0.2, 0.25) is 0 Å². The van der Waals surface area contributed by atoms with E-state index < -0.39 is 11.8 Å². The van der Waals surface area contributed by atoms with Gasteiger partial charge in [0.1, 0.15) is 5.52 Å². The maximum Gasteiger partial charge on any atom is 0.255 e. The molecule has 33 heavy (non-hydrogen) atoms. The lowest BCUT2D eigenvalue weighted by Gasteiger charge is -2.31. The Morgan fingerprint density at radius 1 is 1.12 bits per heavy atom. The van der Waals surface area contributed by atoms with Gasteiger partial charge in [-0.05, 0) is 30.7 Å². The van der Waals surface area contributed by atoms with E-state index >= 15 is 0 Å².